The molecule has 0 aliphatic carbocycles. The molecular weight excluding hydrogens is 449 g/mol. The standard InChI is InChI=1S/2C5H11NO2Se.Se/c2*1-9-3-2-4(6)5(7)8;/h2*4H,2-3,6H2,1H3,(H,7,8);/t2*4-;/m00./s1. The van der Waals surface area contributed by atoms with Crippen LogP contribution in [-0.4, -0.2) is 81.2 Å². The molecule has 0 fully saturated rings. The van der Waals surface area contributed by atoms with E-state index in [0.717, 1.165) is 10.6 Å². The number of hydrogen-bond acceptors (Lipinski definition) is 4. The molecule has 0 spiro atoms. The van der Waals surface area contributed by atoms with Gasteiger partial charge in [-0.05, 0) is 0 Å². The first kappa shape index (κ1) is 24.4. The Kier molecular flexibility index (Phi) is 21.2. The van der Waals surface area contributed by atoms with Crippen molar-refractivity contribution < 1.29 is 19.8 Å². The van der Waals surface area contributed by atoms with E-state index in [-0.39, 0.29) is 17.1 Å². The van der Waals surface area contributed by atoms with Gasteiger partial charge in [-0.25, -0.2) is 0 Å². The Morgan fingerprint density at radius 3 is 1.37 bits per heavy atom. The van der Waals surface area contributed by atoms with Crippen LogP contribution in [0.25, 0.3) is 0 Å². The predicted octanol–water partition coefficient (Wildman–Crippen LogP) is -0.463. The summed E-state index contributed by atoms with van der Waals surface area (Å²) in [6.07, 6.45) is 1.23. The van der Waals surface area contributed by atoms with Crippen molar-refractivity contribution in [2.24, 2.45) is 11.5 Å². The summed E-state index contributed by atoms with van der Waals surface area (Å²) < 4.78 is 0. The first-order valence-corrected chi connectivity index (χ1v) is 11.2. The molecule has 114 valence electrons. The summed E-state index contributed by atoms with van der Waals surface area (Å²) in [4.78, 5) is 20.2. The van der Waals surface area contributed by atoms with Gasteiger partial charge in [0.25, 0.3) is 0 Å². The van der Waals surface area contributed by atoms with Crippen LogP contribution >= 0.6 is 0 Å². The molecule has 0 aromatic carbocycles. The molecule has 0 aliphatic rings. The molecule has 9 heteroatoms. The van der Waals surface area contributed by atoms with E-state index >= 15 is 0 Å². The topological polar surface area (TPSA) is 127 Å². The van der Waals surface area contributed by atoms with Gasteiger partial charge in [-0.1, -0.05) is 0 Å². The molecule has 2 atom stereocenters. The molecule has 0 aromatic rings. The minimum absolute atomic E-state index is 0. The van der Waals surface area contributed by atoms with Crippen LogP contribution in [-0.2, 0) is 9.59 Å². The van der Waals surface area contributed by atoms with E-state index in [0.29, 0.717) is 42.8 Å². The fourth-order valence-electron chi connectivity index (χ4n) is 0.737. The fourth-order valence-corrected chi connectivity index (χ4v) is 2.79. The largest absolute Gasteiger partial charge is 0 e. The van der Waals surface area contributed by atoms with Crippen LogP contribution in [0.15, 0.2) is 0 Å². The van der Waals surface area contributed by atoms with Gasteiger partial charge in [0.15, 0.2) is 0 Å². The Bertz CT molecular complexity index is 221. The van der Waals surface area contributed by atoms with Crippen molar-refractivity contribution in [3.05, 3.63) is 0 Å². The maximum absolute atomic E-state index is 10.1. The Morgan fingerprint density at radius 1 is 0.947 bits per heavy atom. The van der Waals surface area contributed by atoms with E-state index in [1.165, 1.54) is 0 Å². The smallest absolute Gasteiger partial charge is 0 e. The van der Waals surface area contributed by atoms with Crippen molar-refractivity contribution in [3.63, 3.8) is 0 Å². The molecule has 0 rings (SSSR count). The zero-order chi connectivity index (χ0) is 14.6. The molecule has 19 heavy (non-hydrogen) atoms. The van der Waals surface area contributed by atoms with Gasteiger partial charge in [0.05, 0.1) is 0 Å². The summed E-state index contributed by atoms with van der Waals surface area (Å²) in [6, 6.07) is -1.29. The third-order valence-corrected chi connectivity index (χ3v) is 4.60. The summed E-state index contributed by atoms with van der Waals surface area (Å²) in [5.41, 5.74) is 10.4. The number of carbonyl (C=O) groups is 2. The number of aliphatic carboxylic acids is 2. The minimum Gasteiger partial charge on any atom is 0 e. The van der Waals surface area contributed by atoms with Gasteiger partial charge in [0.1, 0.15) is 0 Å². The molecule has 0 saturated carbocycles. The summed E-state index contributed by atoms with van der Waals surface area (Å²) in [6.45, 7) is 0. The Balaban J connectivity index is -0.000000256. The van der Waals surface area contributed by atoms with Crippen molar-refractivity contribution in [2.75, 3.05) is 0 Å². The molecule has 0 heterocycles. The summed E-state index contributed by atoms with van der Waals surface area (Å²) in [7, 11) is 0. The van der Waals surface area contributed by atoms with E-state index in [9.17, 15) is 9.59 Å². The SMILES string of the molecule is C[Se]CC[C@H](N)C(=O)O.C[Se]CC[C@H](N)C(=O)O.[Se]. The summed E-state index contributed by atoms with van der Waals surface area (Å²) in [5, 5.41) is 18.5. The Labute approximate surface area is 137 Å². The predicted molar refractivity (Wildman–Crippen MR) is 79.1 cm³/mol. The van der Waals surface area contributed by atoms with Gasteiger partial charge in [-0.3, -0.25) is 0 Å². The van der Waals surface area contributed by atoms with E-state index in [4.69, 9.17) is 21.7 Å². The molecule has 2 radical (unpaired) electrons. The fraction of sp³-hybridized carbons (Fsp3) is 0.800. The van der Waals surface area contributed by atoms with Gasteiger partial charge >= 0.3 is 120 Å². The van der Waals surface area contributed by atoms with Crippen molar-refractivity contribution in [3.8, 4) is 0 Å². The van der Waals surface area contributed by atoms with Crippen molar-refractivity contribution in [1.82, 2.24) is 0 Å². The molecule has 6 N–H and O–H groups in total. The van der Waals surface area contributed by atoms with Crippen LogP contribution in [0.5, 0.6) is 0 Å². The average Bonchev–Trinajstić information content (AvgIpc) is 2.33. The zero-order valence-electron chi connectivity index (χ0n) is 11.1. The number of carboxylic acids is 2. The van der Waals surface area contributed by atoms with Gasteiger partial charge in [0.2, 0.25) is 0 Å². The number of nitrogens with two attached hydrogens (primary N) is 2. The second kappa shape index (κ2) is 16.5. The third kappa shape index (κ3) is 18.4. The van der Waals surface area contributed by atoms with Crippen LogP contribution in [0.2, 0.25) is 22.3 Å². The number of hydrogen-bond donors (Lipinski definition) is 4. The van der Waals surface area contributed by atoms with E-state index in [1.807, 2.05) is 0 Å². The van der Waals surface area contributed by atoms with E-state index < -0.39 is 24.0 Å². The second-order valence-electron chi connectivity index (χ2n) is 3.45. The van der Waals surface area contributed by atoms with Crippen molar-refractivity contribution in [2.45, 2.75) is 47.2 Å². The maximum atomic E-state index is 10.1. The summed E-state index contributed by atoms with van der Waals surface area (Å²) >= 11 is 1.10. The number of rotatable bonds is 8. The molecule has 0 saturated heterocycles. The van der Waals surface area contributed by atoms with Crippen LogP contribution in [0.3, 0.4) is 0 Å². The Morgan fingerprint density at radius 2 is 1.21 bits per heavy atom. The molecule has 0 aromatic heterocycles. The van der Waals surface area contributed by atoms with Crippen LogP contribution < -0.4 is 11.5 Å². The molecule has 0 amide bonds. The third-order valence-electron chi connectivity index (χ3n) is 1.90. The molecule has 0 bridgehead atoms. The minimum atomic E-state index is -0.890. The van der Waals surface area contributed by atoms with Gasteiger partial charge in [-0.15, -0.1) is 0 Å². The zero-order valence-corrected chi connectivity index (χ0v) is 16.2. The normalized spacial score (nSPS) is 12.4. The van der Waals surface area contributed by atoms with Crippen molar-refractivity contribution >= 4 is 58.9 Å². The van der Waals surface area contributed by atoms with Gasteiger partial charge < -0.3 is 0 Å². The molecular formula is C10H22N2O4Se3. The van der Waals surface area contributed by atoms with Crippen molar-refractivity contribution in [1.29, 1.82) is 0 Å². The molecule has 0 unspecified atom stereocenters. The Hall–Kier alpha value is 0.418. The van der Waals surface area contributed by atoms with E-state index in [1.54, 1.807) is 0 Å². The maximum Gasteiger partial charge on any atom is 0 e. The molecule has 0 aliphatic heterocycles. The first-order valence-electron chi connectivity index (χ1n) is 5.31. The average molecular weight is 471 g/mol. The van der Waals surface area contributed by atoms with Crippen LogP contribution in [0, 0.1) is 0 Å². The van der Waals surface area contributed by atoms with Gasteiger partial charge in [-0.2, -0.15) is 0 Å². The van der Waals surface area contributed by atoms with Gasteiger partial charge in [0, 0.05) is 17.1 Å². The van der Waals surface area contributed by atoms with Crippen LogP contribution in [0.1, 0.15) is 12.8 Å². The first-order chi connectivity index (χ1) is 8.36. The van der Waals surface area contributed by atoms with E-state index in [2.05, 4.69) is 11.6 Å². The second-order valence-corrected chi connectivity index (χ2v) is 7.59. The summed E-state index contributed by atoms with van der Waals surface area (Å²) in [5.74, 6) is 2.36. The number of carboxylic acid groups (broad SMARTS) is 2. The molecule has 6 nitrogen and oxygen atoms in total. The monoisotopic (exact) mass is 474 g/mol. The quantitative estimate of drug-likeness (QED) is 0.355. The van der Waals surface area contributed by atoms with Crippen LogP contribution in [0.4, 0.5) is 0 Å².